The van der Waals surface area contributed by atoms with E-state index >= 15 is 0 Å². The third-order valence-corrected chi connectivity index (χ3v) is 3.28. The maximum atomic E-state index is 12.4. The van der Waals surface area contributed by atoms with Gasteiger partial charge < -0.3 is 5.32 Å². The number of carbonyl (C=O) groups excluding carboxylic acids is 1. The summed E-state index contributed by atoms with van der Waals surface area (Å²) < 4.78 is 37.3. The number of hydrogen-bond acceptors (Lipinski definition) is 3. The van der Waals surface area contributed by atoms with Crippen LogP contribution in [0.2, 0.25) is 0 Å². The molecule has 2 aromatic carbocycles. The summed E-state index contributed by atoms with van der Waals surface area (Å²) in [4.78, 5) is 21.7. The van der Waals surface area contributed by atoms with Gasteiger partial charge in [-0.15, -0.1) is 0 Å². The van der Waals surface area contributed by atoms with E-state index in [4.69, 9.17) is 0 Å². The summed E-state index contributed by atoms with van der Waals surface area (Å²) in [7, 11) is 0. The Balaban J connectivity index is 1.89. The van der Waals surface area contributed by atoms with Gasteiger partial charge in [0.25, 0.3) is 5.69 Å². The van der Waals surface area contributed by atoms with Crippen LogP contribution < -0.4 is 5.32 Å². The van der Waals surface area contributed by atoms with Crippen molar-refractivity contribution in [2.24, 2.45) is 0 Å². The summed E-state index contributed by atoms with van der Waals surface area (Å²) in [6.45, 7) is 0.175. The molecule has 0 aromatic heterocycles. The molecule has 130 valence electrons. The van der Waals surface area contributed by atoms with Crippen LogP contribution in [0.3, 0.4) is 0 Å². The van der Waals surface area contributed by atoms with E-state index in [0.717, 1.165) is 12.1 Å². The maximum Gasteiger partial charge on any atom is 0.416 e. The summed E-state index contributed by atoms with van der Waals surface area (Å²) >= 11 is 0. The van der Waals surface area contributed by atoms with Crippen molar-refractivity contribution in [1.29, 1.82) is 0 Å². The minimum Gasteiger partial charge on any atom is -0.348 e. The van der Waals surface area contributed by atoms with Crippen molar-refractivity contribution in [1.82, 2.24) is 5.32 Å². The smallest absolute Gasteiger partial charge is 0.348 e. The third-order valence-electron chi connectivity index (χ3n) is 3.28. The molecule has 1 amide bonds. The maximum absolute atomic E-state index is 12.4. The van der Waals surface area contributed by atoms with Crippen LogP contribution in [-0.2, 0) is 17.5 Å². The number of nitrogens with zero attached hydrogens (tertiary/aromatic N) is 1. The Morgan fingerprint density at radius 2 is 1.68 bits per heavy atom. The summed E-state index contributed by atoms with van der Waals surface area (Å²) in [6.07, 6.45) is -1.80. The summed E-state index contributed by atoms with van der Waals surface area (Å²) in [6, 6.07) is 10.1. The average molecular weight is 350 g/mol. The molecule has 2 rings (SSSR count). The summed E-state index contributed by atoms with van der Waals surface area (Å²) in [5, 5.41) is 13.1. The molecule has 0 atom stereocenters. The normalized spacial score (nSPS) is 11.5. The first-order valence-electron chi connectivity index (χ1n) is 7.12. The number of non-ortho nitro benzene ring substituents is 1. The summed E-state index contributed by atoms with van der Waals surface area (Å²) in [5.74, 6) is -0.432. The molecular weight excluding hydrogens is 337 g/mol. The van der Waals surface area contributed by atoms with Crippen LogP contribution in [0.15, 0.2) is 54.6 Å². The monoisotopic (exact) mass is 350 g/mol. The zero-order chi connectivity index (χ0) is 18.4. The molecule has 0 aliphatic carbocycles. The standard InChI is InChI=1S/C17H13F3N2O3/c18-17(19,20)14-6-1-12(2-7-14)5-10-16(23)21-11-13-3-8-15(9-4-13)22(24)25/h1-10H,11H2,(H,21,23)/b10-5+. The van der Waals surface area contributed by atoms with Gasteiger partial charge in [-0.2, -0.15) is 13.2 Å². The molecule has 0 heterocycles. The van der Waals surface area contributed by atoms with Crippen LogP contribution >= 0.6 is 0 Å². The number of nitro groups is 1. The topological polar surface area (TPSA) is 72.2 Å². The molecule has 0 fully saturated rings. The highest BCUT2D eigenvalue weighted by atomic mass is 19.4. The predicted octanol–water partition coefficient (Wildman–Crippen LogP) is 3.94. The lowest BCUT2D eigenvalue weighted by atomic mass is 10.1. The van der Waals surface area contributed by atoms with Crippen molar-refractivity contribution in [2.45, 2.75) is 12.7 Å². The highest BCUT2D eigenvalue weighted by molar-refractivity contribution is 5.91. The van der Waals surface area contributed by atoms with Gasteiger partial charge in [-0.25, -0.2) is 0 Å². The van der Waals surface area contributed by atoms with Gasteiger partial charge in [0, 0.05) is 24.8 Å². The molecule has 25 heavy (non-hydrogen) atoms. The van der Waals surface area contributed by atoms with Gasteiger partial charge in [0.1, 0.15) is 0 Å². The Bertz CT molecular complexity index is 782. The fourth-order valence-corrected chi connectivity index (χ4v) is 1.94. The van der Waals surface area contributed by atoms with Crippen LogP contribution in [0.1, 0.15) is 16.7 Å². The first-order valence-corrected chi connectivity index (χ1v) is 7.12. The van der Waals surface area contributed by atoms with Crippen LogP contribution in [0.25, 0.3) is 6.08 Å². The van der Waals surface area contributed by atoms with Crippen molar-refractivity contribution in [3.05, 3.63) is 81.4 Å². The van der Waals surface area contributed by atoms with Gasteiger partial charge in [-0.05, 0) is 29.3 Å². The van der Waals surface area contributed by atoms with E-state index in [1.54, 1.807) is 0 Å². The molecular formula is C17H13F3N2O3. The number of benzene rings is 2. The number of nitrogens with one attached hydrogen (secondary N) is 1. The lowest BCUT2D eigenvalue weighted by Gasteiger charge is -2.06. The van der Waals surface area contributed by atoms with Crippen LogP contribution in [0, 0.1) is 10.1 Å². The quantitative estimate of drug-likeness (QED) is 0.504. The second kappa shape index (κ2) is 7.61. The fraction of sp³-hybridized carbons (Fsp3) is 0.118. The van der Waals surface area contributed by atoms with Crippen molar-refractivity contribution < 1.29 is 22.9 Å². The Kier molecular flexibility index (Phi) is 5.53. The number of alkyl halides is 3. The number of hydrogen-bond donors (Lipinski definition) is 1. The number of halogens is 3. The molecule has 0 saturated heterocycles. The van der Waals surface area contributed by atoms with Gasteiger partial charge in [-0.3, -0.25) is 14.9 Å². The molecule has 8 heteroatoms. The molecule has 0 spiro atoms. The Labute approximate surface area is 140 Å². The minimum atomic E-state index is -4.40. The minimum absolute atomic E-state index is 0.0442. The molecule has 1 N–H and O–H groups in total. The van der Waals surface area contributed by atoms with Crippen molar-refractivity contribution in [3.8, 4) is 0 Å². The largest absolute Gasteiger partial charge is 0.416 e. The Hall–Kier alpha value is -3.16. The van der Waals surface area contributed by atoms with E-state index in [-0.39, 0.29) is 12.2 Å². The zero-order valence-corrected chi connectivity index (χ0v) is 12.8. The van der Waals surface area contributed by atoms with Gasteiger partial charge in [0.15, 0.2) is 0 Å². The average Bonchev–Trinajstić information content (AvgIpc) is 2.58. The Morgan fingerprint density at radius 3 is 2.20 bits per heavy atom. The van der Waals surface area contributed by atoms with Gasteiger partial charge in [0.2, 0.25) is 5.91 Å². The Morgan fingerprint density at radius 1 is 1.08 bits per heavy atom. The fourth-order valence-electron chi connectivity index (χ4n) is 1.94. The van der Waals surface area contributed by atoms with E-state index in [0.29, 0.717) is 11.1 Å². The lowest BCUT2D eigenvalue weighted by molar-refractivity contribution is -0.384. The number of rotatable bonds is 5. The zero-order valence-electron chi connectivity index (χ0n) is 12.8. The molecule has 0 aliphatic rings. The summed E-state index contributed by atoms with van der Waals surface area (Å²) in [5.41, 5.74) is 0.338. The van der Waals surface area contributed by atoms with Crippen LogP contribution in [-0.4, -0.2) is 10.8 Å². The molecule has 0 unspecified atom stereocenters. The number of nitro benzene ring substituents is 1. The molecule has 5 nitrogen and oxygen atoms in total. The van der Waals surface area contributed by atoms with Gasteiger partial charge >= 0.3 is 6.18 Å². The molecule has 0 bridgehead atoms. The van der Waals surface area contributed by atoms with E-state index in [1.165, 1.54) is 48.6 Å². The van der Waals surface area contributed by atoms with E-state index in [9.17, 15) is 28.1 Å². The second-order valence-electron chi connectivity index (χ2n) is 5.09. The first kappa shape index (κ1) is 18.2. The highest BCUT2D eigenvalue weighted by Gasteiger charge is 2.29. The second-order valence-corrected chi connectivity index (χ2v) is 5.09. The van der Waals surface area contributed by atoms with E-state index in [1.807, 2.05) is 0 Å². The van der Waals surface area contributed by atoms with Gasteiger partial charge in [-0.1, -0.05) is 24.3 Å². The first-order chi connectivity index (χ1) is 11.8. The highest BCUT2D eigenvalue weighted by Crippen LogP contribution is 2.29. The predicted molar refractivity (Wildman–Crippen MR) is 85.4 cm³/mol. The number of carbonyl (C=O) groups is 1. The van der Waals surface area contributed by atoms with Crippen LogP contribution in [0.4, 0.5) is 18.9 Å². The van der Waals surface area contributed by atoms with Crippen molar-refractivity contribution in [2.75, 3.05) is 0 Å². The van der Waals surface area contributed by atoms with Crippen LogP contribution in [0.5, 0.6) is 0 Å². The molecule has 0 radical (unpaired) electrons. The molecule has 2 aromatic rings. The van der Waals surface area contributed by atoms with E-state index in [2.05, 4.69) is 5.32 Å². The van der Waals surface area contributed by atoms with E-state index < -0.39 is 22.6 Å². The third kappa shape index (κ3) is 5.45. The SMILES string of the molecule is O=C(/C=C/c1ccc(C(F)(F)F)cc1)NCc1ccc([N+](=O)[O-])cc1. The van der Waals surface area contributed by atoms with Gasteiger partial charge in [0.05, 0.1) is 10.5 Å². The molecule has 0 saturated carbocycles. The van der Waals surface area contributed by atoms with Crippen molar-refractivity contribution in [3.63, 3.8) is 0 Å². The lowest BCUT2D eigenvalue weighted by Crippen LogP contribution is -2.20. The molecule has 0 aliphatic heterocycles. The van der Waals surface area contributed by atoms with Crippen molar-refractivity contribution >= 4 is 17.7 Å². The number of amides is 1.